The second-order valence-corrected chi connectivity index (χ2v) is 13.6. The van der Waals surface area contributed by atoms with Crippen LogP contribution in [-0.4, -0.2) is 9.97 Å². The van der Waals surface area contributed by atoms with E-state index in [2.05, 4.69) is 194 Å². The van der Waals surface area contributed by atoms with Crippen molar-refractivity contribution in [2.75, 3.05) is 0 Å². The van der Waals surface area contributed by atoms with Gasteiger partial charge in [0.05, 0.1) is 22.8 Å². The van der Waals surface area contributed by atoms with E-state index in [9.17, 15) is 0 Å². The maximum atomic E-state index is 5.57. The summed E-state index contributed by atoms with van der Waals surface area (Å²) in [6.07, 6.45) is 0. The number of hydrogen-bond donors (Lipinski definition) is 0. The van der Waals surface area contributed by atoms with Gasteiger partial charge in [0, 0.05) is 20.9 Å². The molecule has 1 aliphatic rings. The van der Waals surface area contributed by atoms with Crippen LogP contribution in [0.15, 0.2) is 204 Å². The summed E-state index contributed by atoms with van der Waals surface area (Å²) in [6.45, 7) is 0. The highest BCUT2D eigenvalue weighted by atomic mass is 32.2. The second-order valence-electron chi connectivity index (χ2n) is 12.6. The van der Waals surface area contributed by atoms with Gasteiger partial charge >= 0.3 is 0 Å². The fraction of sp³-hybridized carbons (Fsp3) is 0.0213. The number of aromatic nitrogens is 2. The van der Waals surface area contributed by atoms with E-state index in [0.717, 1.165) is 45.0 Å². The molecule has 0 amide bonds. The van der Waals surface area contributed by atoms with E-state index in [0.29, 0.717) is 0 Å². The van der Waals surface area contributed by atoms with Gasteiger partial charge < -0.3 is 0 Å². The van der Waals surface area contributed by atoms with Crippen LogP contribution in [0.5, 0.6) is 0 Å². The summed E-state index contributed by atoms with van der Waals surface area (Å²) in [5, 5.41) is 0. The molecule has 3 heterocycles. The summed E-state index contributed by atoms with van der Waals surface area (Å²) < 4.78 is 0. The highest BCUT2D eigenvalue weighted by molar-refractivity contribution is 7.99. The van der Waals surface area contributed by atoms with E-state index >= 15 is 0 Å². The van der Waals surface area contributed by atoms with Crippen LogP contribution in [-0.2, 0) is 5.41 Å². The van der Waals surface area contributed by atoms with Crippen molar-refractivity contribution in [1.82, 2.24) is 9.97 Å². The molecule has 3 heteroatoms. The third-order valence-corrected chi connectivity index (χ3v) is 10.8. The summed E-state index contributed by atoms with van der Waals surface area (Å²) in [4.78, 5) is 13.5. The fourth-order valence-corrected chi connectivity index (χ4v) is 8.37. The van der Waals surface area contributed by atoms with Crippen LogP contribution in [0.2, 0.25) is 0 Å². The molecule has 0 saturated heterocycles. The van der Waals surface area contributed by atoms with Crippen molar-refractivity contribution in [3.63, 3.8) is 0 Å². The molecule has 8 aromatic rings. The van der Waals surface area contributed by atoms with Gasteiger partial charge in [0.15, 0.2) is 0 Å². The van der Waals surface area contributed by atoms with Gasteiger partial charge in [0.1, 0.15) is 5.41 Å². The first-order chi connectivity index (χ1) is 24.8. The van der Waals surface area contributed by atoms with E-state index in [1.165, 1.54) is 32.0 Å². The van der Waals surface area contributed by atoms with E-state index < -0.39 is 5.41 Å². The van der Waals surface area contributed by atoms with Gasteiger partial charge in [0.25, 0.3) is 0 Å². The lowest BCUT2D eigenvalue weighted by atomic mass is 9.67. The molecule has 2 nitrogen and oxygen atoms in total. The average Bonchev–Trinajstić information content (AvgIpc) is 3.21. The monoisotopic (exact) mass is 656 g/mol. The molecule has 0 unspecified atom stereocenters. The Kier molecular flexibility index (Phi) is 7.68. The van der Waals surface area contributed by atoms with Gasteiger partial charge in [-0.05, 0) is 81.9 Å². The molecule has 0 bridgehead atoms. The molecule has 0 N–H and O–H groups in total. The Labute approximate surface area is 297 Å². The van der Waals surface area contributed by atoms with Crippen LogP contribution in [0.4, 0.5) is 0 Å². The Balaban J connectivity index is 1.41. The van der Waals surface area contributed by atoms with Crippen LogP contribution in [0.25, 0.3) is 44.8 Å². The van der Waals surface area contributed by atoms with Gasteiger partial charge in [-0.1, -0.05) is 157 Å². The normalized spacial score (nSPS) is 12.9. The standard InChI is InChI=1S/C47H32N2S/c1-5-15-33(16-6-1)37-27-29-43-39(31-37)47(45-25-13-23-41(48-45)35-19-9-3-10-20-35,46-26-14-24-42(49-46)36-21-11-4-12-22-36)40-32-38(28-30-44(40)50-43)34-17-7-2-8-18-34/h1-32H. The third-order valence-electron chi connectivity index (χ3n) is 9.61. The maximum Gasteiger partial charge on any atom is 0.107 e. The van der Waals surface area contributed by atoms with Crippen molar-refractivity contribution in [1.29, 1.82) is 0 Å². The predicted octanol–water partition coefficient (Wildman–Crippen LogP) is 12.0. The Morgan fingerprint density at radius 2 is 0.700 bits per heavy atom. The summed E-state index contributed by atoms with van der Waals surface area (Å²) in [7, 11) is 0. The number of rotatable bonds is 6. The molecule has 0 aliphatic carbocycles. The lowest BCUT2D eigenvalue weighted by Crippen LogP contribution is -2.36. The molecule has 236 valence electrons. The Morgan fingerprint density at radius 1 is 0.320 bits per heavy atom. The molecule has 9 rings (SSSR count). The largest absolute Gasteiger partial charge is 0.251 e. The zero-order valence-corrected chi connectivity index (χ0v) is 28.1. The smallest absolute Gasteiger partial charge is 0.107 e. The van der Waals surface area contributed by atoms with Gasteiger partial charge in [-0.15, -0.1) is 0 Å². The summed E-state index contributed by atoms with van der Waals surface area (Å²) in [5.41, 5.74) is 12.1. The van der Waals surface area contributed by atoms with Crippen molar-refractivity contribution in [3.8, 4) is 44.8 Å². The molecule has 6 aromatic carbocycles. The third kappa shape index (κ3) is 5.24. The van der Waals surface area contributed by atoms with E-state index in [4.69, 9.17) is 9.97 Å². The number of fused-ring (bicyclic) bond motifs is 2. The predicted molar refractivity (Wildman–Crippen MR) is 206 cm³/mol. The zero-order valence-electron chi connectivity index (χ0n) is 27.3. The van der Waals surface area contributed by atoms with Crippen molar-refractivity contribution < 1.29 is 0 Å². The summed E-state index contributed by atoms with van der Waals surface area (Å²) >= 11 is 1.83. The van der Waals surface area contributed by atoms with E-state index in [1.54, 1.807) is 0 Å². The van der Waals surface area contributed by atoms with Crippen molar-refractivity contribution in [2.24, 2.45) is 0 Å². The number of pyridine rings is 2. The topological polar surface area (TPSA) is 25.8 Å². The van der Waals surface area contributed by atoms with Crippen molar-refractivity contribution >= 4 is 11.8 Å². The lowest BCUT2D eigenvalue weighted by molar-refractivity contribution is 0.656. The molecule has 0 spiro atoms. The van der Waals surface area contributed by atoms with Gasteiger partial charge in [-0.3, -0.25) is 9.97 Å². The van der Waals surface area contributed by atoms with Gasteiger partial charge in [-0.2, -0.15) is 0 Å². The van der Waals surface area contributed by atoms with Crippen LogP contribution >= 0.6 is 11.8 Å². The number of hydrogen-bond acceptors (Lipinski definition) is 3. The minimum Gasteiger partial charge on any atom is -0.251 e. The van der Waals surface area contributed by atoms with Crippen LogP contribution in [0.1, 0.15) is 22.5 Å². The minimum absolute atomic E-state index is 0.832. The molecule has 0 saturated carbocycles. The highest BCUT2D eigenvalue weighted by Crippen LogP contribution is 2.56. The molecule has 50 heavy (non-hydrogen) atoms. The number of benzene rings is 6. The van der Waals surface area contributed by atoms with Crippen LogP contribution < -0.4 is 0 Å². The molecule has 2 aromatic heterocycles. The first kappa shape index (κ1) is 30.1. The summed E-state index contributed by atoms with van der Waals surface area (Å²) in [5.74, 6) is 0. The van der Waals surface area contributed by atoms with Gasteiger partial charge in [-0.25, -0.2) is 0 Å². The second kappa shape index (κ2) is 12.8. The Hall–Kier alpha value is -6.03. The number of nitrogens with zero attached hydrogens (tertiary/aromatic N) is 2. The van der Waals surface area contributed by atoms with E-state index in [-0.39, 0.29) is 0 Å². The van der Waals surface area contributed by atoms with Crippen molar-refractivity contribution in [3.05, 3.63) is 217 Å². The SMILES string of the molecule is c1ccc(-c2ccc3c(c2)C(c2cccc(-c4ccccc4)n2)(c2cccc(-c4ccccc4)n2)c2cc(-c4ccccc4)ccc2S3)cc1. The lowest BCUT2D eigenvalue weighted by Gasteiger charge is -2.41. The zero-order chi connectivity index (χ0) is 33.3. The fourth-order valence-electron chi connectivity index (χ4n) is 7.22. The van der Waals surface area contributed by atoms with Crippen LogP contribution in [0, 0.1) is 0 Å². The Bertz CT molecular complexity index is 2270. The Morgan fingerprint density at radius 3 is 1.10 bits per heavy atom. The van der Waals surface area contributed by atoms with Crippen LogP contribution in [0.3, 0.4) is 0 Å². The van der Waals surface area contributed by atoms with Crippen molar-refractivity contribution in [2.45, 2.75) is 15.2 Å². The highest BCUT2D eigenvalue weighted by Gasteiger charge is 2.47. The maximum absolute atomic E-state index is 5.57. The first-order valence-corrected chi connectivity index (χ1v) is 17.7. The quantitative estimate of drug-likeness (QED) is 0.178. The van der Waals surface area contributed by atoms with E-state index in [1.807, 2.05) is 11.8 Å². The minimum atomic E-state index is -0.832. The summed E-state index contributed by atoms with van der Waals surface area (Å²) in [6, 6.07) is 68.9. The molecular weight excluding hydrogens is 625 g/mol. The van der Waals surface area contributed by atoms with Gasteiger partial charge in [0.2, 0.25) is 0 Å². The molecule has 0 fully saturated rings. The molecule has 0 radical (unpaired) electrons. The molecule has 1 aliphatic heterocycles. The molecule has 0 atom stereocenters. The average molecular weight is 657 g/mol. The first-order valence-electron chi connectivity index (χ1n) is 16.9. The molecular formula is C47H32N2S.